The highest BCUT2D eigenvalue weighted by molar-refractivity contribution is 5.57. The molecule has 8 heteroatoms. The van der Waals surface area contributed by atoms with Crippen molar-refractivity contribution in [3.8, 4) is 0 Å². The quantitative estimate of drug-likeness (QED) is 0.663. The third kappa shape index (κ3) is 4.72. The summed E-state index contributed by atoms with van der Waals surface area (Å²) in [6, 6.07) is 9.25. The molecule has 2 rings (SSSR count). The first-order valence-corrected chi connectivity index (χ1v) is 6.37. The van der Waals surface area contributed by atoms with Gasteiger partial charge >= 0.3 is 6.18 Å². The van der Waals surface area contributed by atoms with E-state index < -0.39 is 17.5 Å². The van der Waals surface area contributed by atoms with Crippen LogP contribution in [0.5, 0.6) is 0 Å². The zero-order valence-electron chi connectivity index (χ0n) is 11.3. The number of nitro groups is 1. The van der Waals surface area contributed by atoms with Gasteiger partial charge in [-0.1, -0.05) is 12.1 Å². The Kier molecular flexibility index (Phi) is 4.59. The number of hydrogen-bond donors (Lipinski definition) is 1. The van der Waals surface area contributed by atoms with Crippen molar-refractivity contribution in [2.75, 3.05) is 5.32 Å². The van der Waals surface area contributed by atoms with Gasteiger partial charge in [-0.15, -0.1) is 0 Å². The zero-order chi connectivity index (χ0) is 16.2. The van der Waals surface area contributed by atoms with Crippen molar-refractivity contribution >= 4 is 17.2 Å². The van der Waals surface area contributed by atoms with Crippen LogP contribution in [0.1, 0.15) is 12.0 Å². The third-order valence-electron chi connectivity index (χ3n) is 2.86. The van der Waals surface area contributed by atoms with Gasteiger partial charge in [0.25, 0.3) is 5.69 Å². The molecule has 0 unspecified atom stereocenters. The van der Waals surface area contributed by atoms with E-state index in [4.69, 9.17) is 0 Å². The lowest BCUT2D eigenvalue weighted by atomic mass is 10.1. The summed E-state index contributed by atoms with van der Waals surface area (Å²) in [5, 5.41) is 13.4. The van der Waals surface area contributed by atoms with Crippen LogP contribution in [0.2, 0.25) is 0 Å². The second-order valence-electron chi connectivity index (χ2n) is 4.60. The minimum absolute atomic E-state index is 0.104. The van der Waals surface area contributed by atoms with Crippen molar-refractivity contribution in [2.24, 2.45) is 0 Å². The average molecular weight is 311 g/mol. The molecule has 0 saturated carbocycles. The highest BCUT2D eigenvalue weighted by atomic mass is 19.4. The summed E-state index contributed by atoms with van der Waals surface area (Å²) in [6.07, 6.45) is -4.07. The predicted molar refractivity (Wildman–Crippen MR) is 75.0 cm³/mol. The Hall–Kier alpha value is -2.64. The van der Waals surface area contributed by atoms with Gasteiger partial charge in [-0.3, -0.25) is 10.1 Å². The second kappa shape index (κ2) is 6.42. The normalized spacial score (nSPS) is 11.2. The molecule has 0 aliphatic heterocycles. The molecule has 0 fully saturated rings. The third-order valence-corrected chi connectivity index (χ3v) is 2.86. The van der Waals surface area contributed by atoms with Gasteiger partial charge < -0.3 is 5.32 Å². The second-order valence-corrected chi connectivity index (χ2v) is 4.60. The summed E-state index contributed by atoms with van der Waals surface area (Å²) < 4.78 is 36.6. The standard InChI is InChI=1S/C14H12F3N3O2/c15-14(16,17)7-6-10-2-1-3-11(8-10)19-13-5-4-12(9-18-13)20(21)22/h1-5,8-9H,6-7H2,(H,18,19). The maximum absolute atomic E-state index is 12.2. The Morgan fingerprint density at radius 2 is 2.00 bits per heavy atom. The fraction of sp³-hybridized carbons (Fsp3) is 0.214. The fourth-order valence-electron chi connectivity index (χ4n) is 1.81. The molecule has 0 saturated heterocycles. The number of pyridine rings is 1. The van der Waals surface area contributed by atoms with Crippen molar-refractivity contribution in [2.45, 2.75) is 19.0 Å². The van der Waals surface area contributed by atoms with E-state index >= 15 is 0 Å². The molecular weight excluding hydrogens is 299 g/mol. The van der Waals surface area contributed by atoms with Gasteiger partial charge in [-0.25, -0.2) is 4.98 Å². The van der Waals surface area contributed by atoms with Gasteiger partial charge in [0.2, 0.25) is 0 Å². The Labute approximate surface area is 124 Å². The van der Waals surface area contributed by atoms with Crippen molar-refractivity contribution in [3.05, 3.63) is 58.3 Å². The highest BCUT2D eigenvalue weighted by Crippen LogP contribution is 2.24. The number of hydrogen-bond acceptors (Lipinski definition) is 4. The van der Waals surface area contributed by atoms with Gasteiger partial charge in [-0.2, -0.15) is 13.2 Å². The smallest absolute Gasteiger partial charge is 0.340 e. The molecule has 0 aliphatic carbocycles. The molecule has 0 amide bonds. The maximum Gasteiger partial charge on any atom is 0.389 e. The first kappa shape index (κ1) is 15.7. The number of aryl methyl sites for hydroxylation is 1. The minimum Gasteiger partial charge on any atom is -0.340 e. The molecule has 0 aliphatic rings. The first-order chi connectivity index (χ1) is 10.3. The van der Waals surface area contributed by atoms with Crippen LogP contribution in [-0.2, 0) is 6.42 Å². The molecule has 1 heterocycles. The van der Waals surface area contributed by atoms with Gasteiger partial charge in [0, 0.05) is 18.2 Å². The summed E-state index contributed by atoms with van der Waals surface area (Å²) in [4.78, 5) is 13.8. The van der Waals surface area contributed by atoms with E-state index in [2.05, 4.69) is 10.3 Å². The summed E-state index contributed by atoms with van der Waals surface area (Å²) >= 11 is 0. The van der Waals surface area contributed by atoms with E-state index in [-0.39, 0.29) is 12.1 Å². The Bertz CT molecular complexity index is 657. The Balaban J connectivity index is 2.05. The number of alkyl halides is 3. The van der Waals surface area contributed by atoms with E-state index in [9.17, 15) is 23.3 Å². The van der Waals surface area contributed by atoms with Crippen LogP contribution in [0, 0.1) is 10.1 Å². The van der Waals surface area contributed by atoms with E-state index in [1.165, 1.54) is 12.1 Å². The monoisotopic (exact) mass is 311 g/mol. The minimum atomic E-state index is -4.19. The van der Waals surface area contributed by atoms with Crippen molar-refractivity contribution in [1.29, 1.82) is 0 Å². The summed E-state index contributed by atoms with van der Waals surface area (Å²) in [7, 11) is 0. The number of nitrogens with one attached hydrogen (secondary N) is 1. The zero-order valence-corrected chi connectivity index (χ0v) is 11.3. The van der Waals surface area contributed by atoms with Crippen LogP contribution >= 0.6 is 0 Å². The molecule has 1 N–H and O–H groups in total. The van der Waals surface area contributed by atoms with E-state index in [1.807, 2.05) is 0 Å². The van der Waals surface area contributed by atoms with E-state index in [0.717, 1.165) is 6.20 Å². The number of nitrogens with zero attached hydrogens (tertiary/aromatic N) is 2. The molecular formula is C14H12F3N3O2. The summed E-state index contributed by atoms with van der Waals surface area (Å²) in [5.41, 5.74) is 0.981. The molecule has 1 aromatic carbocycles. The molecule has 5 nitrogen and oxygen atoms in total. The van der Waals surface area contributed by atoms with Gasteiger partial charge in [0.1, 0.15) is 12.0 Å². The van der Waals surface area contributed by atoms with Crippen LogP contribution in [0.15, 0.2) is 42.6 Å². The molecule has 0 radical (unpaired) electrons. The summed E-state index contributed by atoms with van der Waals surface area (Å²) in [5.74, 6) is 0.374. The lowest BCUT2D eigenvalue weighted by Crippen LogP contribution is -2.08. The number of benzene rings is 1. The molecule has 2 aromatic rings. The maximum atomic E-state index is 12.2. The van der Waals surface area contributed by atoms with Crippen molar-refractivity contribution in [3.63, 3.8) is 0 Å². The molecule has 22 heavy (non-hydrogen) atoms. The van der Waals surface area contributed by atoms with Gasteiger partial charge in [-0.05, 0) is 30.2 Å². The van der Waals surface area contributed by atoms with E-state index in [0.29, 0.717) is 17.1 Å². The number of rotatable bonds is 5. The van der Waals surface area contributed by atoms with Crippen LogP contribution in [0.25, 0.3) is 0 Å². The largest absolute Gasteiger partial charge is 0.389 e. The molecule has 0 spiro atoms. The topological polar surface area (TPSA) is 68.1 Å². The van der Waals surface area contributed by atoms with Crippen LogP contribution in [0.3, 0.4) is 0 Å². The number of halogens is 3. The SMILES string of the molecule is O=[N+]([O-])c1ccc(Nc2cccc(CCC(F)(F)F)c2)nc1. The van der Waals surface area contributed by atoms with Crippen LogP contribution < -0.4 is 5.32 Å². The lowest BCUT2D eigenvalue weighted by molar-refractivity contribution is -0.385. The lowest BCUT2D eigenvalue weighted by Gasteiger charge is -2.09. The molecule has 0 atom stereocenters. The van der Waals surface area contributed by atoms with Crippen LogP contribution in [-0.4, -0.2) is 16.1 Å². The fourth-order valence-corrected chi connectivity index (χ4v) is 1.81. The number of anilines is 2. The highest BCUT2D eigenvalue weighted by Gasteiger charge is 2.26. The number of aromatic nitrogens is 1. The average Bonchev–Trinajstić information content (AvgIpc) is 2.45. The van der Waals surface area contributed by atoms with Gasteiger partial charge in [0.05, 0.1) is 4.92 Å². The summed E-state index contributed by atoms with van der Waals surface area (Å²) in [6.45, 7) is 0. The molecule has 116 valence electrons. The van der Waals surface area contributed by atoms with E-state index in [1.54, 1.807) is 24.3 Å². The molecule has 1 aromatic heterocycles. The molecule has 0 bridgehead atoms. The van der Waals surface area contributed by atoms with Crippen molar-refractivity contribution < 1.29 is 18.1 Å². The van der Waals surface area contributed by atoms with Gasteiger partial charge in [0.15, 0.2) is 0 Å². The van der Waals surface area contributed by atoms with Crippen LogP contribution in [0.4, 0.5) is 30.4 Å². The first-order valence-electron chi connectivity index (χ1n) is 6.37. The Morgan fingerprint density at radius 3 is 2.59 bits per heavy atom. The predicted octanol–water partition coefficient (Wildman–Crippen LogP) is 4.23. The van der Waals surface area contributed by atoms with Crippen molar-refractivity contribution in [1.82, 2.24) is 4.98 Å². The Morgan fingerprint density at radius 1 is 1.23 bits per heavy atom.